The molecule has 0 bridgehead atoms. The van der Waals surface area contributed by atoms with Gasteiger partial charge in [-0.25, -0.2) is 13.1 Å². The molecule has 1 fully saturated rings. The molecular weight excluding hydrogens is 319 g/mol. The summed E-state index contributed by atoms with van der Waals surface area (Å²) in [6.07, 6.45) is 3.29. The number of halogens is 2. The van der Waals surface area contributed by atoms with E-state index in [4.69, 9.17) is 28.9 Å². The molecule has 0 amide bonds. The van der Waals surface area contributed by atoms with Crippen molar-refractivity contribution in [1.29, 1.82) is 0 Å². The number of sulfonamides is 1. The molecule has 1 aliphatic carbocycles. The lowest BCUT2D eigenvalue weighted by atomic mass is 9.93. The minimum absolute atomic E-state index is 0.0190. The average molecular weight is 337 g/mol. The smallest absolute Gasteiger partial charge is 0.216 e. The second-order valence-electron chi connectivity index (χ2n) is 5.27. The Labute approximate surface area is 129 Å². The van der Waals surface area contributed by atoms with E-state index in [2.05, 4.69) is 4.72 Å². The Morgan fingerprint density at radius 1 is 1.10 bits per heavy atom. The zero-order chi connectivity index (χ0) is 14.8. The van der Waals surface area contributed by atoms with E-state index in [0.717, 1.165) is 25.7 Å². The van der Waals surface area contributed by atoms with Gasteiger partial charge in [0.25, 0.3) is 0 Å². The second kappa shape index (κ2) is 6.62. The second-order valence-corrected chi connectivity index (χ2v) is 7.89. The molecule has 0 aliphatic heterocycles. The van der Waals surface area contributed by atoms with E-state index in [-0.39, 0.29) is 17.8 Å². The van der Waals surface area contributed by atoms with Crippen molar-refractivity contribution >= 4 is 33.2 Å². The lowest BCUT2D eigenvalue weighted by Crippen LogP contribution is -2.40. The fourth-order valence-electron chi connectivity index (χ4n) is 2.45. The SMILES string of the molecule is NC1CCC(NS(=O)(=O)Cc2cc(Cl)cc(Cl)c2)CC1. The molecule has 20 heavy (non-hydrogen) atoms. The summed E-state index contributed by atoms with van der Waals surface area (Å²) in [6.45, 7) is 0. The zero-order valence-electron chi connectivity index (χ0n) is 11.0. The van der Waals surface area contributed by atoms with E-state index in [0.29, 0.717) is 15.6 Å². The first kappa shape index (κ1) is 16.0. The quantitative estimate of drug-likeness (QED) is 0.887. The number of hydrogen-bond donors (Lipinski definition) is 2. The third kappa shape index (κ3) is 4.90. The maximum absolute atomic E-state index is 12.1. The number of nitrogens with two attached hydrogens (primary N) is 1. The molecule has 2 rings (SSSR count). The summed E-state index contributed by atoms with van der Waals surface area (Å²) in [5.41, 5.74) is 6.40. The van der Waals surface area contributed by atoms with Gasteiger partial charge in [0.05, 0.1) is 5.75 Å². The molecule has 0 atom stereocenters. The Morgan fingerprint density at radius 2 is 1.65 bits per heavy atom. The van der Waals surface area contributed by atoms with Gasteiger partial charge in [-0.3, -0.25) is 0 Å². The first-order valence-corrected chi connectivity index (χ1v) is 8.95. The van der Waals surface area contributed by atoms with Crippen LogP contribution in [0.25, 0.3) is 0 Å². The molecule has 0 aromatic heterocycles. The van der Waals surface area contributed by atoms with Gasteiger partial charge < -0.3 is 5.73 Å². The van der Waals surface area contributed by atoms with Crippen molar-refractivity contribution in [1.82, 2.24) is 4.72 Å². The predicted molar refractivity (Wildman–Crippen MR) is 82.5 cm³/mol. The zero-order valence-corrected chi connectivity index (χ0v) is 13.3. The minimum atomic E-state index is -3.39. The molecule has 0 unspecified atom stereocenters. The van der Waals surface area contributed by atoms with Crippen LogP contribution in [0.15, 0.2) is 18.2 Å². The molecular formula is C13H18Cl2N2O2S. The number of nitrogens with one attached hydrogen (secondary N) is 1. The fourth-order valence-corrected chi connectivity index (χ4v) is 4.45. The van der Waals surface area contributed by atoms with Crippen LogP contribution in [0.1, 0.15) is 31.2 Å². The van der Waals surface area contributed by atoms with Gasteiger partial charge in [0.1, 0.15) is 0 Å². The van der Waals surface area contributed by atoms with Crippen molar-refractivity contribution in [3.8, 4) is 0 Å². The van der Waals surface area contributed by atoms with Gasteiger partial charge in [0.15, 0.2) is 0 Å². The summed E-state index contributed by atoms with van der Waals surface area (Å²) in [6, 6.07) is 4.99. The summed E-state index contributed by atoms with van der Waals surface area (Å²) in [5.74, 6) is -0.115. The standard InChI is InChI=1S/C13H18Cl2N2O2S/c14-10-5-9(6-11(15)7-10)8-20(18,19)17-13-3-1-12(16)2-4-13/h5-7,12-13,17H,1-4,8,16H2. The number of rotatable bonds is 4. The third-order valence-corrected chi connectivity index (χ3v) is 5.24. The third-order valence-electron chi connectivity index (χ3n) is 3.40. The van der Waals surface area contributed by atoms with Crippen LogP contribution in [0.3, 0.4) is 0 Å². The largest absolute Gasteiger partial charge is 0.328 e. The van der Waals surface area contributed by atoms with E-state index in [1.165, 1.54) is 0 Å². The normalized spacial score (nSPS) is 23.8. The molecule has 1 aromatic rings. The molecule has 0 radical (unpaired) electrons. The Hall–Kier alpha value is -0.330. The Balaban J connectivity index is 2.00. The maximum Gasteiger partial charge on any atom is 0.216 e. The lowest BCUT2D eigenvalue weighted by molar-refractivity contribution is 0.373. The molecule has 3 N–H and O–H groups in total. The van der Waals surface area contributed by atoms with E-state index >= 15 is 0 Å². The van der Waals surface area contributed by atoms with E-state index in [1.807, 2.05) is 0 Å². The van der Waals surface area contributed by atoms with Crippen LogP contribution in [-0.4, -0.2) is 20.5 Å². The lowest BCUT2D eigenvalue weighted by Gasteiger charge is -2.26. The van der Waals surface area contributed by atoms with Gasteiger partial charge in [-0.1, -0.05) is 23.2 Å². The van der Waals surface area contributed by atoms with Crippen LogP contribution in [0.2, 0.25) is 10.0 Å². The van der Waals surface area contributed by atoms with Gasteiger partial charge in [-0.2, -0.15) is 0 Å². The van der Waals surface area contributed by atoms with E-state index in [1.54, 1.807) is 18.2 Å². The first-order valence-electron chi connectivity index (χ1n) is 6.54. The van der Waals surface area contributed by atoms with Crippen molar-refractivity contribution in [3.05, 3.63) is 33.8 Å². The monoisotopic (exact) mass is 336 g/mol. The topological polar surface area (TPSA) is 72.2 Å². The number of hydrogen-bond acceptors (Lipinski definition) is 3. The Bertz CT molecular complexity index is 549. The van der Waals surface area contributed by atoms with Crippen LogP contribution in [0.4, 0.5) is 0 Å². The van der Waals surface area contributed by atoms with E-state index < -0.39 is 10.0 Å². The molecule has 1 saturated carbocycles. The van der Waals surface area contributed by atoms with Gasteiger partial charge in [-0.15, -0.1) is 0 Å². The molecule has 112 valence electrons. The van der Waals surface area contributed by atoms with Crippen molar-refractivity contribution in [3.63, 3.8) is 0 Å². The minimum Gasteiger partial charge on any atom is -0.328 e. The van der Waals surface area contributed by atoms with Crippen LogP contribution >= 0.6 is 23.2 Å². The van der Waals surface area contributed by atoms with E-state index in [9.17, 15) is 8.42 Å². The van der Waals surface area contributed by atoms with Crippen LogP contribution in [-0.2, 0) is 15.8 Å². The van der Waals surface area contributed by atoms with Crippen LogP contribution in [0.5, 0.6) is 0 Å². The summed E-state index contributed by atoms with van der Waals surface area (Å²) >= 11 is 11.7. The summed E-state index contributed by atoms with van der Waals surface area (Å²) in [4.78, 5) is 0. The summed E-state index contributed by atoms with van der Waals surface area (Å²) in [7, 11) is -3.39. The Kier molecular flexibility index (Phi) is 5.31. The molecule has 0 saturated heterocycles. The molecule has 0 spiro atoms. The molecule has 0 heterocycles. The van der Waals surface area contributed by atoms with Crippen molar-refractivity contribution in [2.45, 2.75) is 43.5 Å². The Morgan fingerprint density at radius 3 is 2.20 bits per heavy atom. The van der Waals surface area contributed by atoms with Crippen molar-refractivity contribution in [2.75, 3.05) is 0 Å². The average Bonchev–Trinajstić information content (AvgIpc) is 2.29. The highest BCUT2D eigenvalue weighted by Crippen LogP contribution is 2.22. The fraction of sp³-hybridized carbons (Fsp3) is 0.538. The molecule has 1 aliphatic rings. The highest BCUT2D eigenvalue weighted by Gasteiger charge is 2.23. The van der Waals surface area contributed by atoms with Gasteiger partial charge in [0.2, 0.25) is 10.0 Å². The van der Waals surface area contributed by atoms with Gasteiger partial charge in [-0.05, 0) is 49.4 Å². The molecule has 4 nitrogen and oxygen atoms in total. The van der Waals surface area contributed by atoms with Crippen molar-refractivity contribution < 1.29 is 8.42 Å². The van der Waals surface area contributed by atoms with Crippen LogP contribution < -0.4 is 10.5 Å². The highest BCUT2D eigenvalue weighted by molar-refractivity contribution is 7.88. The first-order chi connectivity index (χ1) is 9.34. The summed E-state index contributed by atoms with van der Waals surface area (Å²) in [5, 5.41) is 0.873. The number of benzene rings is 1. The highest BCUT2D eigenvalue weighted by atomic mass is 35.5. The summed E-state index contributed by atoms with van der Waals surface area (Å²) < 4.78 is 27.0. The predicted octanol–water partition coefficient (Wildman–Crippen LogP) is 2.68. The van der Waals surface area contributed by atoms with Crippen molar-refractivity contribution in [2.24, 2.45) is 5.73 Å². The van der Waals surface area contributed by atoms with Gasteiger partial charge >= 0.3 is 0 Å². The molecule has 7 heteroatoms. The molecule has 1 aromatic carbocycles. The van der Waals surface area contributed by atoms with Gasteiger partial charge in [0, 0.05) is 22.1 Å². The van der Waals surface area contributed by atoms with Crippen LogP contribution in [0, 0.1) is 0 Å². The maximum atomic E-state index is 12.1.